The van der Waals surface area contributed by atoms with Crippen LogP contribution in [0.3, 0.4) is 0 Å². The zero-order chi connectivity index (χ0) is 22.5. The van der Waals surface area contributed by atoms with Gasteiger partial charge in [-0.25, -0.2) is 4.79 Å². The van der Waals surface area contributed by atoms with E-state index in [1.807, 2.05) is 60.7 Å². The molecule has 7 heteroatoms. The Kier molecular flexibility index (Phi) is 6.34. The summed E-state index contributed by atoms with van der Waals surface area (Å²) < 4.78 is 6.67. The SMILES string of the molecule is CCOC(=O)/C(C#N)=C/C(C(=O)N1c2ccccc2Sc2ccccc21)[n+]1ccccc1. The van der Waals surface area contributed by atoms with Crippen molar-refractivity contribution in [2.45, 2.75) is 22.8 Å². The van der Waals surface area contributed by atoms with Crippen LogP contribution in [0.1, 0.15) is 13.0 Å². The number of amides is 1. The van der Waals surface area contributed by atoms with Gasteiger partial charge in [-0.3, -0.25) is 9.69 Å². The molecule has 1 atom stereocenters. The molecule has 0 N–H and O–H groups in total. The minimum Gasteiger partial charge on any atom is -0.462 e. The molecular weight excluding hydrogens is 422 g/mol. The number of carbonyl (C=O) groups is 2. The zero-order valence-electron chi connectivity index (χ0n) is 17.3. The number of hydrogen-bond donors (Lipinski definition) is 0. The normalized spacial score (nSPS) is 13.4. The van der Waals surface area contributed by atoms with E-state index in [0.29, 0.717) is 0 Å². The first-order chi connectivity index (χ1) is 15.6. The van der Waals surface area contributed by atoms with Crippen LogP contribution in [0.2, 0.25) is 0 Å². The van der Waals surface area contributed by atoms with Crippen LogP contribution >= 0.6 is 11.8 Å². The first kappa shape index (κ1) is 21.3. The van der Waals surface area contributed by atoms with Gasteiger partial charge in [0.25, 0.3) is 6.04 Å². The quantitative estimate of drug-likeness (QED) is 0.254. The molecule has 0 saturated carbocycles. The lowest BCUT2D eigenvalue weighted by atomic mass is 10.1. The summed E-state index contributed by atoms with van der Waals surface area (Å²) >= 11 is 1.60. The third-order valence-electron chi connectivity index (χ3n) is 4.91. The Hall–Kier alpha value is -3.89. The highest BCUT2D eigenvalue weighted by atomic mass is 32.2. The number of esters is 1. The van der Waals surface area contributed by atoms with Crippen molar-refractivity contribution in [2.24, 2.45) is 0 Å². The van der Waals surface area contributed by atoms with Crippen LogP contribution in [-0.4, -0.2) is 18.5 Å². The summed E-state index contributed by atoms with van der Waals surface area (Å²) in [6.45, 7) is 1.81. The molecule has 1 amide bonds. The summed E-state index contributed by atoms with van der Waals surface area (Å²) in [5.41, 5.74) is 1.30. The van der Waals surface area contributed by atoms with E-state index in [0.717, 1.165) is 21.2 Å². The third kappa shape index (κ3) is 4.13. The molecule has 1 aromatic heterocycles. The number of anilines is 2. The van der Waals surface area contributed by atoms with Crippen molar-refractivity contribution >= 4 is 35.0 Å². The lowest BCUT2D eigenvalue weighted by molar-refractivity contribution is -0.698. The van der Waals surface area contributed by atoms with Gasteiger partial charge in [-0.1, -0.05) is 42.1 Å². The van der Waals surface area contributed by atoms with Crippen LogP contribution in [0, 0.1) is 11.3 Å². The number of ether oxygens (including phenoxy) is 1. The molecule has 32 heavy (non-hydrogen) atoms. The van der Waals surface area contributed by atoms with E-state index in [4.69, 9.17) is 4.74 Å². The largest absolute Gasteiger partial charge is 0.462 e. The minimum absolute atomic E-state index is 0.138. The Labute approximate surface area is 190 Å². The van der Waals surface area contributed by atoms with Gasteiger partial charge in [0.2, 0.25) is 0 Å². The number of aromatic nitrogens is 1. The number of pyridine rings is 1. The van der Waals surface area contributed by atoms with Crippen molar-refractivity contribution in [2.75, 3.05) is 11.5 Å². The number of nitrogens with zero attached hydrogens (tertiary/aromatic N) is 3. The molecule has 158 valence electrons. The maximum Gasteiger partial charge on any atom is 0.348 e. The van der Waals surface area contributed by atoms with Gasteiger partial charge in [-0.05, 0) is 31.2 Å². The van der Waals surface area contributed by atoms with Crippen LogP contribution in [0.4, 0.5) is 11.4 Å². The fourth-order valence-corrected chi connectivity index (χ4v) is 4.53. The molecule has 2 aromatic carbocycles. The Morgan fingerprint density at radius 3 is 2.19 bits per heavy atom. The lowest BCUT2D eigenvalue weighted by Gasteiger charge is -2.31. The van der Waals surface area contributed by atoms with Gasteiger partial charge >= 0.3 is 11.9 Å². The number of nitriles is 1. The van der Waals surface area contributed by atoms with Gasteiger partial charge in [0.1, 0.15) is 11.6 Å². The molecule has 1 unspecified atom stereocenters. The summed E-state index contributed by atoms with van der Waals surface area (Å²) in [6.07, 6.45) is 4.83. The first-order valence-corrected chi connectivity index (χ1v) is 10.9. The van der Waals surface area contributed by atoms with Crippen molar-refractivity contribution in [3.05, 3.63) is 90.8 Å². The molecule has 6 nitrogen and oxygen atoms in total. The summed E-state index contributed by atoms with van der Waals surface area (Å²) in [5.74, 6) is -1.04. The van der Waals surface area contributed by atoms with Crippen LogP contribution < -0.4 is 9.47 Å². The van der Waals surface area contributed by atoms with Crippen molar-refractivity contribution in [1.29, 1.82) is 5.26 Å². The number of hydrogen-bond acceptors (Lipinski definition) is 5. The van der Waals surface area contributed by atoms with E-state index < -0.39 is 12.0 Å². The zero-order valence-corrected chi connectivity index (χ0v) is 18.2. The molecule has 0 spiro atoms. The average Bonchev–Trinajstić information content (AvgIpc) is 2.83. The van der Waals surface area contributed by atoms with Crippen LogP contribution in [0.15, 0.2) is 101 Å². The molecular formula is C25H20N3O3S+. The number of para-hydroxylation sites is 2. The van der Waals surface area contributed by atoms with Crippen molar-refractivity contribution in [3.63, 3.8) is 0 Å². The molecule has 0 radical (unpaired) electrons. The predicted molar refractivity (Wildman–Crippen MR) is 120 cm³/mol. The number of fused-ring (bicyclic) bond motifs is 2. The van der Waals surface area contributed by atoms with Gasteiger partial charge in [-0.2, -0.15) is 9.83 Å². The van der Waals surface area contributed by atoms with Crippen LogP contribution in [-0.2, 0) is 14.3 Å². The summed E-state index contributed by atoms with van der Waals surface area (Å²) in [4.78, 5) is 29.9. The van der Waals surface area contributed by atoms with Gasteiger partial charge < -0.3 is 4.74 Å². The molecule has 0 saturated heterocycles. The molecule has 4 rings (SSSR count). The molecule has 0 aliphatic carbocycles. The fourth-order valence-electron chi connectivity index (χ4n) is 3.47. The highest BCUT2D eigenvalue weighted by molar-refractivity contribution is 7.99. The average molecular weight is 443 g/mol. The molecule has 0 fully saturated rings. The maximum absolute atomic E-state index is 14.0. The summed E-state index contributed by atoms with van der Waals surface area (Å²) in [7, 11) is 0. The smallest absolute Gasteiger partial charge is 0.348 e. The highest BCUT2D eigenvalue weighted by Crippen LogP contribution is 2.48. The van der Waals surface area contributed by atoms with Gasteiger partial charge in [0.05, 0.1) is 18.0 Å². The van der Waals surface area contributed by atoms with Crippen molar-refractivity contribution in [3.8, 4) is 6.07 Å². The topological polar surface area (TPSA) is 74.3 Å². The second kappa shape index (κ2) is 9.50. The van der Waals surface area contributed by atoms with E-state index in [1.165, 1.54) is 6.08 Å². The monoisotopic (exact) mass is 442 g/mol. The minimum atomic E-state index is -0.931. The predicted octanol–water partition coefficient (Wildman–Crippen LogP) is 4.36. The van der Waals surface area contributed by atoms with Gasteiger partial charge in [0.15, 0.2) is 12.4 Å². The van der Waals surface area contributed by atoms with E-state index in [2.05, 4.69) is 0 Å². The van der Waals surface area contributed by atoms with Crippen LogP contribution in [0.5, 0.6) is 0 Å². The summed E-state index contributed by atoms with van der Waals surface area (Å²) in [6, 6.07) is 21.7. The van der Waals surface area contributed by atoms with Crippen LogP contribution in [0.25, 0.3) is 0 Å². The summed E-state index contributed by atoms with van der Waals surface area (Å²) in [5, 5.41) is 9.57. The molecule has 3 aromatic rings. The van der Waals surface area contributed by atoms with Gasteiger partial charge in [-0.15, -0.1) is 0 Å². The Balaban J connectivity index is 1.86. The second-order valence-corrected chi connectivity index (χ2v) is 7.98. The maximum atomic E-state index is 14.0. The van der Waals surface area contributed by atoms with E-state index in [9.17, 15) is 14.9 Å². The fraction of sp³-hybridized carbons (Fsp3) is 0.120. The number of carbonyl (C=O) groups excluding carboxylic acids is 2. The Morgan fingerprint density at radius 2 is 1.62 bits per heavy atom. The van der Waals surface area contributed by atoms with E-state index in [-0.39, 0.29) is 18.1 Å². The third-order valence-corrected chi connectivity index (χ3v) is 6.04. The Bertz CT molecular complexity index is 1190. The molecule has 0 bridgehead atoms. The van der Waals surface area contributed by atoms with Crippen molar-refractivity contribution in [1.82, 2.24) is 0 Å². The standard InChI is InChI=1S/C25H20N3O3S/c1-2-31-25(30)18(17-26)16-21(27-14-8-3-9-15-27)24(29)28-19-10-4-6-12-22(19)32-23-13-7-5-11-20(23)28/h3-16,21H,2H2,1H3/q+1/b18-16+. The van der Waals surface area contributed by atoms with Crippen molar-refractivity contribution < 1.29 is 18.9 Å². The number of benzene rings is 2. The van der Waals surface area contributed by atoms with E-state index >= 15 is 0 Å². The first-order valence-electron chi connectivity index (χ1n) is 10.1. The number of rotatable bonds is 5. The molecule has 2 heterocycles. The Morgan fingerprint density at radius 1 is 1.03 bits per heavy atom. The van der Waals surface area contributed by atoms with Gasteiger partial charge in [0, 0.05) is 28.0 Å². The van der Waals surface area contributed by atoms with E-state index in [1.54, 1.807) is 52.7 Å². The second-order valence-electron chi connectivity index (χ2n) is 6.89. The molecule has 1 aliphatic heterocycles. The molecule has 1 aliphatic rings. The lowest BCUT2D eigenvalue weighted by Crippen LogP contribution is -2.48. The highest BCUT2D eigenvalue weighted by Gasteiger charge is 2.37.